The fourth-order valence-corrected chi connectivity index (χ4v) is 2.47. The molecule has 1 heterocycles. The number of rotatable bonds is 2. The van der Waals surface area contributed by atoms with Crippen molar-refractivity contribution >= 4 is 33.2 Å². The second kappa shape index (κ2) is 4.10. The van der Waals surface area contributed by atoms with Crippen molar-refractivity contribution < 1.29 is 9.72 Å². The molecule has 2 aromatic rings. The number of hydrogen-bond donors (Lipinski definition) is 0. The summed E-state index contributed by atoms with van der Waals surface area (Å²) in [6.07, 6.45) is 0.217. The fourth-order valence-electron chi connectivity index (χ4n) is 1.43. The number of nitro benzene ring substituents is 1. The maximum absolute atomic E-state index is 11.8. The quantitative estimate of drug-likeness (QED) is 0.604. The highest BCUT2D eigenvalue weighted by atomic mass is 32.1. The lowest BCUT2D eigenvalue weighted by atomic mass is 10.2. The number of nitrogens with zero attached hydrogens (tertiary/aromatic N) is 2. The van der Waals surface area contributed by atoms with Crippen molar-refractivity contribution in [1.82, 2.24) is 3.96 Å². The van der Waals surface area contributed by atoms with Crippen molar-refractivity contribution in [3.8, 4) is 0 Å². The van der Waals surface area contributed by atoms with Gasteiger partial charge in [-0.1, -0.05) is 6.92 Å². The zero-order valence-electron chi connectivity index (χ0n) is 8.87. The average Bonchev–Trinajstić information content (AvgIpc) is 2.65. The van der Waals surface area contributed by atoms with E-state index >= 15 is 0 Å². The molecule has 0 amide bonds. The van der Waals surface area contributed by atoms with Gasteiger partial charge in [-0.3, -0.25) is 19.7 Å². The van der Waals surface area contributed by atoms with E-state index in [0.717, 1.165) is 15.5 Å². The van der Waals surface area contributed by atoms with E-state index in [2.05, 4.69) is 0 Å². The molecular formula is C10H8N2O4S. The van der Waals surface area contributed by atoms with Gasteiger partial charge in [0.2, 0.25) is 5.91 Å². The zero-order valence-corrected chi connectivity index (χ0v) is 9.69. The number of carbonyl (C=O) groups excluding carboxylic acids is 1. The molecule has 7 heteroatoms. The Morgan fingerprint density at radius 3 is 2.82 bits per heavy atom. The number of hydrogen-bond acceptors (Lipinski definition) is 5. The first kappa shape index (κ1) is 11.5. The Morgan fingerprint density at radius 2 is 2.24 bits per heavy atom. The zero-order chi connectivity index (χ0) is 12.6. The Bertz CT molecular complexity index is 670. The van der Waals surface area contributed by atoms with Crippen LogP contribution in [0.25, 0.3) is 10.1 Å². The summed E-state index contributed by atoms with van der Waals surface area (Å²) < 4.78 is 1.49. The molecule has 0 saturated heterocycles. The van der Waals surface area contributed by atoms with Gasteiger partial charge in [0.25, 0.3) is 11.2 Å². The second-order valence-corrected chi connectivity index (χ2v) is 4.36. The summed E-state index contributed by atoms with van der Waals surface area (Å²) >= 11 is 0.938. The van der Waals surface area contributed by atoms with Gasteiger partial charge < -0.3 is 0 Å². The average molecular weight is 252 g/mol. The SMILES string of the molecule is CCC(=O)n1sc2cc([N+](=O)[O-])ccc2c1=O. The second-order valence-electron chi connectivity index (χ2n) is 3.38. The van der Waals surface area contributed by atoms with Gasteiger partial charge in [-0.15, -0.1) is 0 Å². The van der Waals surface area contributed by atoms with Gasteiger partial charge >= 0.3 is 0 Å². The molecule has 0 aliphatic carbocycles. The van der Waals surface area contributed by atoms with E-state index in [-0.39, 0.29) is 18.0 Å². The number of fused-ring (bicyclic) bond motifs is 1. The molecule has 2 rings (SSSR count). The molecular weight excluding hydrogens is 244 g/mol. The van der Waals surface area contributed by atoms with Gasteiger partial charge in [0.05, 0.1) is 15.0 Å². The van der Waals surface area contributed by atoms with E-state index in [1.165, 1.54) is 18.2 Å². The van der Waals surface area contributed by atoms with Crippen molar-refractivity contribution in [2.24, 2.45) is 0 Å². The summed E-state index contributed by atoms with van der Waals surface area (Å²) in [6, 6.07) is 3.95. The third-order valence-electron chi connectivity index (χ3n) is 2.31. The molecule has 1 aromatic carbocycles. The van der Waals surface area contributed by atoms with Crippen molar-refractivity contribution in [3.05, 3.63) is 38.7 Å². The first-order valence-electron chi connectivity index (χ1n) is 4.88. The van der Waals surface area contributed by atoms with Crippen molar-refractivity contribution in [2.75, 3.05) is 0 Å². The molecule has 0 N–H and O–H groups in total. The molecule has 0 saturated carbocycles. The van der Waals surface area contributed by atoms with E-state index in [0.29, 0.717) is 10.1 Å². The molecule has 0 atom stereocenters. The van der Waals surface area contributed by atoms with Crippen LogP contribution in [-0.4, -0.2) is 14.8 Å². The minimum atomic E-state index is -0.532. The molecule has 1 aromatic heterocycles. The molecule has 0 aliphatic rings. The molecule has 0 spiro atoms. The first-order chi connectivity index (χ1) is 8.04. The van der Waals surface area contributed by atoms with Gasteiger partial charge in [-0.25, -0.2) is 0 Å². The van der Waals surface area contributed by atoms with Crippen LogP contribution in [0.2, 0.25) is 0 Å². The van der Waals surface area contributed by atoms with Crippen LogP contribution in [0.15, 0.2) is 23.0 Å². The Kier molecular flexibility index (Phi) is 2.76. The third kappa shape index (κ3) is 1.84. The van der Waals surface area contributed by atoms with Crippen molar-refractivity contribution in [2.45, 2.75) is 13.3 Å². The standard InChI is InChI=1S/C10H8N2O4S/c1-2-9(13)11-10(14)7-4-3-6(12(15)16)5-8(7)17-11/h3-5H,2H2,1H3. The van der Waals surface area contributed by atoms with Crippen molar-refractivity contribution in [1.29, 1.82) is 0 Å². The molecule has 17 heavy (non-hydrogen) atoms. The Labute approximate surface area is 99.4 Å². The normalized spacial score (nSPS) is 10.6. The van der Waals surface area contributed by atoms with Crippen LogP contribution in [-0.2, 0) is 0 Å². The largest absolute Gasteiger partial charge is 0.275 e. The van der Waals surface area contributed by atoms with Crippen LogP contribution in [0.1, 0.15) is 18.1 Å². The summed E-state index contributed by atoms with van der Waals surface area (Å²) in [4.78, 5) is 33.3. The lowest BCUT2D eigenvalue weighted by Gasteiger charge is -1.91. The highest BCUT2D eigenvalue weighted by Crippen LogP contribution is 2.22. The van der Waals surface area contributed by atoms with E-state index in [1.54, 1.807) is 6.92 Å². The summed E-state index contributed by atoms with van der Waals surface area (Å²) in [5.74, 6) is -0.307. The Balaban J connectivity index is 2.70. The molecule has 0 unspecified atom stereocenters. The predicted molar refractivity (Wildman–Crippen MR) is 63.7 cm³/mol. The Morgan fingerprint density at radius 1 is 1.53 bits per heavy atom. The van der Waals surface area contributed by atoms with Crippen LogP contribution < -0.4 is 5.56 Å². The van der Waals surface area contributed by atoms with Crippen LogP contribution in [0.4, 0.5) is 5.69 Å². The van der Waals surface area contributed by atoms with Gasteiger partial charge in [0, 0.05) is 18.6 Å². The molecule has 88 valence electrons. The summed E-state index contributed by atoms with van der Waals surface area (Å²) in [5, 5.41) is 10.9. The number of nitro groups is 1. The smallest absolute Gasteiger partial charge is 0.273 e. The first-order valence-corrected chi connectivity index (χ1v) is 5.65. The van der Waals surface area contributed by atoms with Crippen LogP contribution in [0, 0.1) is 10.1 Å². The monoisotopic (exact) mass is 252 g/mol. The molecule has 0 fully saturated rings. The number of non-ortho nitro benzene ring substituents is 1. The number of benzene rings is 1. The molecule has 0 aliphatic heterocycles. The maximum atomic E-state index is 11.8. The summed E-state index contributed by atoms with van der Waals surface area (Å²) in [5.41, 5.74) is -0.499. The van der Waals surface area contributed by atoms with Crippen molar-refractivity contribution in [3.63, 3.8) is 0 Å². The fraction of sp³-hybridized carbons (Fsp3) is 0.200. The minimum absolute atomic E-state index is 0.0881. The molecule has 0 bridgehead atoms. The van der Waals surface area contributed by atoms with Gasteiger partial charge in [0.1, 0.15) is 0 Å². The topological polar surface area (TPSA) is 82.2 Å². The Hall–Kier alpha value is -2.02. The summed E-state index contributed by atoms with van der Waals surface area (Å²) in [7, 11) is 0. The third-order valence-corrected chi connectivity index (χ3v) is 3.40. The van der Waals surface area contributed by atoms with Gasteiger partial charge in [0.15, 0.2) is 0 Å². The molecule has 0 radical (unpaired) electrons. The molecule has 6 nitrogen and oxygen atoms in total. The van der Waals surface area contributed by atoms with E-state index < -0.39 is 10.5 Å². The maximum Gasteiger partial charge on any atom is 0.275 e. The van der Waals surface area contributed by atoms with Crippen LogP contribution in [0.5, 0.6) is 0 Å². The minimum Gasteiger partial charge on any atom is -0.273 e. The highest BCUT2D eigenvalue weighted by molar-refractivity contribution is 7.14. The van der Waals surface area contributed by atoms with Crippen LogP contribution in [0.3, 0.4) is 0 Å². The highest BCUT2D eigenvalue weighted by Gasteiger charge is 2.15. The summed E-state index contributed by atoms with van der Waals surface area (Å²) in [6.45, 7) is 1.65. The van der Waals surface area contributed by atoms with Crippen LogP contribution >= 0.6 is 11.5 Å². The number of carbonyl (C=O) groups is 1. The van der Waals surface area contributed by atoms with E-state index in [9.17, 15) is 19.7 Å². The van der Waals surface area contributed by atoms with Gasteiger partial charge in [-0.05, 0) is 17.6 Å². The van der Waals surface area contributed by atoms with E-state index in [1.807, 2.05) is 0 Å². The lowest BCUT2D eigenvalue weighted by molar-refractivity contribution is -0.384. The van der Waals surface area contributed by atoms with Gasteiger partial charge in [-0.2, -0.15) is 3.96 Å². The number of aromatic nitrogens is 1. The predicted octanol–water partition coefficient (Wildman–Crippen LogP) is 2.02. The van der Waals surface area contributed by atoms with E-state index in [4.69, 9.17) is 0 Å². The lowest BCUT2D eigenvalue weighted by Crippen LogP contribution is -2.19.